The van der Waals surface area contributed by atoms with E-state index in [1.807, 2.05) is 0 Å². The maximum atomic E-state index is 15.0. The lowest BCUT2D eigenvalue weighted by molar-refractivity contribution is -0.142. The fraction of sp³-hybridized carbons (Fsp3) is 0.521. The van der Waals surface area contributed by atoms with Gasteiger partial charge in [-0.1, -0.05) is 79.9 Å². The van der Waals surface area contributed by atoms with Crippen LogP contribution < -0.4 is 59.9 Å². The minimum atomic E-state index is -2.13. The van der Waals surface area contributed by atoms with Crippen molar-refractivity contribution in [1.29, 1.82) is 0 Å². The topological polar surface area (TPSA) is 614 Å². The Bertz CT molecular complexity index is 4060. The average molecular weight is 1620 g/mol. The molecule has 9 amide bonds. The first-order valence-corrected chi connectivity index (χ1v) is 37.3. The molecule has 1 aliphatic heterocycles. The third kappa shape index (κ3) is 29.3. The van der Waals surface area contributed by atoms with Gasteiger partial charge in [-0.2, -0.15) is 0 Å². The Morgan fingerprint density at radius 1 is 0.558 bits per heavy atom. The lowest BCUT2D eigenvalue weighted by Gasteiger charge is -2.27. The number of thioether (sulfide) groups is 1. The molecule has 4 aromatic rings. The zero-order valence-electron chi connectivity index (χ0n) is 61.8. The summed E-state index contributed by atoms with van der Waals surface area (Å²) in [5.41, 5.74) is 11.9. The number of nitrogens with zero attached hydrogens (tertiary/aromatic N) is 3. The van der Waals surface area contributed by atoms with Crippen molar-refractivity contribution in [3.05, 3.63) is 139 Å². The second-order valence-electron chi connectivity index (χ2n) is 26.8. The highest BCUT2D eigenvalue weighted by molar-refractivity contribution is 8.04. The van der Waals surface area contributed by atoms with Crippen LogP contribution in [0.5, 0.6) is 0 Å². The number of carbonyl (C=O) groups excluding carboxylic acids is 9. The van der Waals surface area contributed by atoms with Gasteiger partial charge < -0.3 is 110 Å². The van der Waals surface area contributed by atoms with Gasteiger partial charge in [-0.3, -0.25) is 66.8 Å². The highest BCUT2D eigenvalue weighted by Gasteiger charge is 2.37. The van der Waals surface area contributed by atoms with Gasteiger partial charge in [0, 0.05) is 94.0 Å². The molecule has 1 aliphatic rings. The Morgan fingerprint density at radius 3 is 1.60 bits per heavy atom. The zero-order chi connectivity index (χ0) is 83.8. The summed E-state index contributed by atoms with van der Waals surface area (Å²) < 4.78 is 32.1. The number of nitrogens with two attached hydrogens (primary N) is 2. The lowest BCUT2D eigenvalue weighted by atomic mass is 10.00. The number of amides is 9. The van der Waals surface area contributed by atoms with Crippen LogP contribution in [-0.4, -0.2) is 265 Å². The third-order valence-electron chi connectivity index (χ3n) is 18.3. The first-order chi connectivity index (χ1) is 53.6. The Hall–Kier alpha value is -9.82. The predicted molar refractivity (Wildman–Crippen MR) is 398 cm³/mol. The number of aliphatic hydroxyl groups is 10. The lowest BCUT2D eigenvalue weighted by Crippen LogP contribution is -2.58. The molecule has 0 bridgehead atoms. The van der Waals surface area contributed by atoms with Gasteiger partial charge in [0.1, 0.15) is 72.4 Å². The number of aliphatic carboxylic acids is 2. The van der Waals surface area contributed by atoms with Crippen LogP contribution in [0, 0.1) is 18.6 Å². The number of nitrogens with one attached hydrogen (secondary N) is 7. The van der Waals surface area contributed by atoms with Crippen molar-refractivity contribution in [2.45, 2.75) is 189 Å². The molecule has 0 unspecified atom stereocenters. The summed E-state index contributed by atoms with van der Waals surface area (Å²) in [6, 6.07) is 10.3. The first kappa shape index (κ1) is 93.8. The minimum absolute atomic E-state index is 0.0142. The summed E-state index contributed by atoms with van der Waals surface area (Å²) in [6.07, 6.45) is -17.4. The van der Waals surface area contributed by atoms with Gasteiger partial charge in [0.05, 0.1) is 49.0 Å². The number of carboxylic acid groups (broad SMARTS) is 2. The number of unbranched alkanes of at least 4 members (excludes halogenated alkanes) is 4. The van der Waals surface area contributed by atoms with Gasteiger partial charge in [-0.05, 0) is 74.3 Å². The molecule has 23 N–H and O–H groups in total. The molecule has 0 saturated heterocycles. The number of imide groups is 1. The summed E-state index contributed by atoms with van der Waals surface area (Å²) in [6.45, 7) is -2.99. The van der Waals surface area contributed by atoms with E-state index in [9.17, 15) is 113 Å². The molecular formula is C73H100F2N12O25S. The normalized spacial score (nSPS) is 15.6. The summed E-state index contributed by atoms with van der Waals surface area (Å²) in [5.74, 6) is -14.2. The SMILES string of the molecule is Cc1c(-c2cccc(CCC(=O)NCCCCCCCC(=O)N[C@H](CCC(=O)NC[C@H](O)[C@@H](O)[C@H](O)[C@H](O)CO)C(=O)N[C@H](CCC(=O)O)C(=O)N[C@H](CCC(=O)NC[C@H](O)[C@@H](O)[C@H](O)[C@H](O)CO)C(=O)N[C@H](CSC3=CC(=O)N(CCN)C3=O)C(=O)O)c2)c(=O)n(C[C@@H](N)c2ccccc2)c(=O)n1Cc1c(F)cccc1F. The number of halogens is 2. The van der Waals surface area contributed by atoms with Crippen LogP contribution in [0.15, 0.2) is 93.4 Å². The van der Waals surface area contributed by atoms with Crippen LogP contribution in [0.1, 0.15) is 112 Å². The summed E-state index contributed by atoms with van der Waals surface area (Å²) in [7, 11) is 0. The zero-order valence-corrected chi connectivity index (χ0v) is 62.6. The van der Waals surface area contributed by atoms with Crippen LogP contribution in [0.3, 0.4) is 0 Å². The maximum Gasteiger partial charge on any atom is 0.331 e. The van der Waals surface area contributed by atoms with Crippen LogP contribution in [-0.2, 0) is 72.3 Å². The van der Waals surface area contributed by atoms with Gasteiger partial charge in [0.15, 0.2) is 0 Å². The predicted octanol–water partition coefficient (Wildman–Crippen LogP) is -5.10. The largest absolute Gasteiger partial charge is 0.481 e. The molecule has 37 nitrogen and oxygen atoms in total. The summed E-state index contributed by atoms with van der Waals surface area (Å²) in [5, 5.41) is 135. The number of carboxylic acids is 2. The highest BCUT2D eigenvalue weighted by Crippen LogP contribution is 2.27. The minimum Gasteiger partial charge on any atom is -0.481 e. The van der Waals surface area contributed by atoms with E-state index in [1.54, 1.807) is 54.6 Å². The van der Waals surface area contributed by atoms with Crippen molar-refractivity contribution in [2.75, 3.05) is 51.7 Å². The number of rotatable bonds is 51. The van der Waals surface area contributed by atoms with Crippen molar-refractivity contribution in [3.8, 4) is 11.1 Å². The van der Waals surface area contributed by atoms with E-state index in [-0.39, 0.29) is 73.9 Å². The number of aliphatic hydroxyl groups excluding tert-OH is 10. The molecule has 3 aromatic carbocycles. The third-order valence-corrected chi connectivity index (χ3v) is 19.4. The Morgan fingerprint density at radius 2 is 1.06 bits per heavy atom. The first-order valence-electron chi connectivity index (χ1n) is 36.3. The van der Waals surface area contributed by atoms with Crippen molar-refractivity contribution in [1.82, 2.24) is 51.3 Å². The standard InChI is InChI=1S/C73H100F2N12O25S/c1-39-62(71(109)87(35-46(77)41-13-6-5-7-14-41)73(112)86(39)34-43-44(74)16-11-17-45(43)75)42-15-10-12-40(30-42)19-23-56(94)78-28-9-4-2-3-8-18-59(97)81-47(20-24-57(95)79-32-51(90)63(101)65(103)53(92)36-88)67(105)83-49(22-26-61(99)100)68(106)82-48(21-25-58(96)80-33-52(91)64(102)66(104)54(93)37-89)69(107)84-50(72(110)111)38-113-55-31-60(98)85(29-27-76)70(55)108/h5-7,10-17,30-31,46-54,63-66,88-93,101-104H,2-4,8-9,18-29,32-38,76-77H2,1H3,(H,78,94)(H,79,95)(H,80,96)(H,81,97)(H,82,106)(H,83,105)(H,84,107)(H,99,100)(H,110,111)/t46-,47-,48-,49-,50-,51+,52+,53-,54-,63-,64-,65-,66-/m1/s1. The van der Waals surface area contributed by atoms with Gasteiger partial charge in [-0.25, -0.2) is 18.4 Å². The van der Waals surface area contributed by atoms with E-state index in [0.717, 1.165) is 32.2 Å². The smallest absolute Gasteiger partial charge is 0.331 e. The number of hydrogen-bond donors (Lipinski definition) is 21. The molecule has 622 valence electrons. The summed E-state index contributed by atoms with van der Waals surface area (Å²) >= 11 is 0.548. The Kier molecular flexibility index (Phi) is 39.0. The molecule has 1 aromatic heterocycles. The Labute approximate surface area is 650 Å². The van der Waals surface area contributed by atoms with E-state index in [1.165, 1.54) is 13.0 Å². The fourth-order valence-electron chi connectivity index (χ4n) is 11.7. The van der Waals surface area contributed by atoms with Crippen LogP contribution in [0.25, 0.3) is 11.1 Å². The number of hydrogen-bond acceptors (Lipinski definition) is 26. The van der Waals surface area contributed by atoms with E-state index >= 15 is 8.78 Å². The Balaban J connectivity index is 1.25. The second kappa shape index (κ2) is 47.0. The van der Waals surface area contributed by atoms with E-state index in [2.05, 4.69) is 37.2 Å². The highest BCUT2D eigenvalue weighted by atomic mass is 32.2. The van der Waals surface area contributed by atoms with E-state index < -0.39 is 244 Å². The van der Waals surface area contributed by atoms with Crippen molar-refractivity contribution < 1.29 is 123 Å². The molecule has 0 spiro atoms. The van der Waals surface area contributed by atoms with Gasteiger partial charge >= 0.3 is 17.6 Å². The monoisotopic (exact) mass is 1610 g/mol. The quantitative estimate of drug-likeness (QED) is 0.0145. The van der Waals surface area contributed by atoms with Gasteiger partial charge in [-0.15, -0.1) is 11.8 Å². The fourth-order valence-corrected chi connectivity index (χ4v) is 12.7. The van der Waals surface area contributed by atoms with E-state index in [0.29, 0.717) is 54.1 Å². The van der Waals surface area contributed by atoms with Crippen LogP contribution in [0.2, 0.25) is 0 Å². The van der Waals surface area contributed by atoms with Crippen molar-refractivity contribution in [2.24, 2.45) is 11.5 Å². The molecular weight excluding hydrogens is 1510 g/mol. The molecule has 13 atom stereocenters. The average Bonchev–Trinajstić information content (AvgIpc) is 1.49. The molecule has 113 heavy (non-hydrogen) atoms. The number of benzene rings is 3. The van der Waals surface area contributed by atoms with Crippen molar-refractivity contribution in [3.63, 3.8) is 0 Å². The van der Waals surface area contributed by atoms with Crippen molar-refractivity contribution >= 4 is 76.9 Å². The molecule has 0 aliphatic carbocycles. The van der Waals surface area contributed by atoms with Gasteiger partial charge in [0.25, 0.3) is 17.4 Å². The molecule has 0 radical (unpaired) electrons. The number of carbonyl (C=O) groups is 11. The van der Waals surface area contributed by atoms with Crippen LogP contribution in [0.4, 0.5) is 8.78 Å². The molecule has 40 heteroatoms. The molecule has 5 rings (SSSR count). The van der Waals surface area contributed by atoms with Gasteiger partial charge in [0.2, 0.25) is 41.4 Å². The number of aromatic nitrogens is 2. The molecule has 0 fully saturated rings. The molecule has 0 saturated carbocycles. The second-order valence-corrected chi connectivity index (χ2v) is 27.9. The summed E-state index contributed by atoms with van der Waals surface area (Å²) in [4.78, 5) is 175. The number of aryl methyl sites for hydroxylation is 1. The maximum absolute atomic E-state index is 15.0. The molecule has 2 heterocycles. The van der Waals surface area contributed by atoms with E-state index in [4.69, 9.17) is 21.7 Å². The van der Waals surface area contributed by atoms with Crippen LogP contribution >= 0.6 is 11.8 Å².